The van der Waals surface area contributed by atoms with Crippen LogP contribution in [0.25, 0.3) is 0 Å². The van der Waals surface area contributed by atoms with Crippen molar-refractivity contribution >= 4 is 11.9 Å². The highest BCUT2D eigenvalue weighted by Crippen LogP contribution is 2.14. The standard InChI is InChI=1S/C41H72O7/c1-3-5-6-7-8-9-10-11-12-16-19-22-25-28-31-34-40(43)46-37-39(36-42)47-41(44)35-32-29-26-23-20-17-14-13-15-18-21-24-27-30-33-38(4-2)48-45/h14-15,17-18,24,27,30,33,38-39,42,45H,3-13,16,19-23,25-26,28-29,31-32,34-37H2,1-2H3/b17-14+,18-15+,27-24+,33-30+. The van der Waals surface area contributed by atoms with Gasteiger partial charge >= 0.3 is 11.9 Å². The van der Waals surface area contributed by atoms with Crippen molar-refractivity contribution in [3.05, 3.63) is 48.6 Å². The molecule has 0 saturated heterocycles. The number of hydrogen-bond donors (Lipinski definition) is 2. The van der Waals surface area contributed by atoms with Gasteiger partial charge in [-0.15, -0.1) is 0 Å². The van der Waals surface area contributed by atoms with Gasteiger partial charge in [0.2, 0.25) is 0 Å². The number of rotatable bonds is 35. The maximum Gasteiger partial charge on any atom is 0.306 e. The Kier molecular flexibility index (Phi) is 35.9. The lowest BCUT2D eigenvalue weighted by atomic mass is 10.0. The molecule has 0 aromatic carbocycles. The van der Waals surface area contributed by atoms with Crippen LogP contribution >= 0.6 is 0 Å². The van der Waals surface area contributed by atoms with Crippen LogP contribution in [-0.2, 0) is 24.0 Å². The fraction of sp³-hybridized carbons (Fsp3) is 0.756. The molecule has 0 spiro atoms. The lowest BCUT2D eigenvalue weighted by molar-refractivity contribution is -0.266. The van der Waals surface area contributed by atoms with E-state index in [2.05, 4.69) is 42.2 Å². The lowest BCUT2D eigenvalue weighted by Crippen LogP contribution is -2.28. The largest absolute Gasteiger partial charge is 0.462 e. The molecule has 0 saturated carbocycles. The second-order valence-corrected chi connectivity index (χ2v) is 12.9. The summed E-state index contributed by atoms with van der Waals surface area (Å²) in [5.41, 5.74) is 0. The SMILES string of the molecule is CCCCCCCCCCCCCCCCCC(=O)OCC(CO)OC(=O)CCCCCC/C=C/C/C=C/C/C=C/C=C/C(CC)OO. The normalized spacial score (nSPS) is 13.3. The van der Waals surface area contributed by atoms with Gasteiger partial charge in [0, 0.05) is 12.8 Å². The first kappa shape index (κ1) is 45.8. The summed E-state index contributed by atoms with van der Waals surface area (Å²) in [5, 5.41) is 18.2. The molecule has 0 aliphatic heterocycles. The van der Waals surface area contributed by atoms with E-state index in [4.69, 9.17) is 14.7 Å². The zero-order chi connectivity index (χ0) is 35.2. The number of esters is 2. The molecule has 0 aliphatic rings. The van der Waals surface area contributed by atoms with Gasteiger partial charge in [-0.05, 0) is 44.9 Å². The number of carbonyl (C=O) groups excluding carboxylic acids is 2. The first-order chi connectivity index (χ1) is 23.6. The smallest absolute Gasteiger partial charge is 0.306 e. The summed E-state index contributed by atoms with van der Waals surface area (Å²) in [7, 11) is 0. The number of aliphatic hydroxyl groups excluding tert-OH is 1. The van der Waals surface area contributed by atoms with Gasteiger partial charge in [0.15, 0.2) is 6.10 Å². The molecule has 0 bridgehead atoms. The number of ether oxygens (including phenoxy) is 2. The topological polar surface area (TPSA) is 102 Å². The predicted molar refractivity (Wildman–Crippen MR) is 199 cm³/mol. The van der Waals surface area contributed by atoms with Gasteiger partial charge < -0.3 is 14.6 Å². The number of carbonyl (C=O) groups is 2. The summed E-state index contributed by atoms with van der Waals surface area (Å²) in [6, 6.07) is 0. The van der Waals surface area contributed by atoms with E-state index in [1.54, 1.807) is 0 Å². The fourth-order valence-electron chi connectivity index (χ4n) is 5.31. The Morgan fingerprint density at radius 2 is 1.10 bits per heavy atom. The molecule has 2 N–H and O–H groups in total. The van der Waals surface area contributed by atoms with Crippen LogP contribution in [0.2, 0.25) is 0 Å². The molecule has 0 aromatic heterocycles. The first-order valence-corrected chi connectivity index (χ1v) is 19.5. The summed E-state index contributed by atoms with van der Waals surface area (Å²) in [4.78, 5) is 28.5. The molecule has 0 fully saturated rings. The van der Waals surface area contributed by atoms with E-state index in [0.717, 1.165) is 70.6 Å². The van der Waals surface area contributed by atoms with E-state index in [9.17, 15) is 14.7 Å². The molecular formula is C41H72O7. The molecule has 278 valence electrons. The summed E-state index contributed by atoms with van der Waals surface area (Å²) >= 11 is 0. The van der Waals surface area contributed by atoms with Crippen LogP contribution in [0, 0.1) is 0 Å². The Balaban J connectivity index is 3.65. The molecule has 0 heterocycles. The van der Waals surface area contributed by atoms with Gasteiger partial charge in [0.25, 0.3) is 0 Å². The zero-order valence-corrected chi connectivity index (χ0v) is 30.8. The monoisotopic (exact) mass is 677 g/mol. The van der Waals surface area contributed by atoms with E-state index in [1.165, 1.54) is 77.0 Å². The number of hydrogen-bond acceptors (Lipinski definition) is 7. The third kappa shape index (κ3) is 33.7. The minimum Gasteiger partial charge on any atom is -0.462 e. The molecule has 0 amide bonds. The van der Waals surface area contributed by atoms with Crippen molar-refractivity contribution in [1.29, 1.82) is 0 Å². The van der Waals surface area contributed by atoms with Crippen molar-refractivity contribution in [3.63, 3.8) is 0 Å². The second-order valence-electron chi connectivity index (χ2n) is 12.9. The number of allylic oxidation sites excluding steroid dienone is 7. The highest BCUT2D eigenvalue weighted by atomic mass is 17.1. The van der Waals surface area contributed by atoms with E-state index in [1.807, 2.05) is 25.2 Å². The van der Waals surface area contributed by atoms with Gasteiger partial charge in [-0.1, -0.05) is 165 Å². The van der Waals surface area contributed by atoms with Crippen molar-refractivity contribution in [2.24, 2.45) is 0 Å². The molecule has 48 heavy (non-hydrogen) atoms. The Morgan fingerprint density at radius 3 is 1.65 bits per heavy atom. The maximum atomic E-state index is 12.2. The highest BCUT2D eigenvalue weighted by Gasteiger charge is 2.16. The lowest BCUT2D eigenvalue weighted by Gasteiger charge is -2.15. The molecule has 7 heteroatoms. The molecule has 2 atom stereocenters. The van der Waals surface area contributed by atoms with Gasteiger partial charge in [0.05, 0.1) is 6.61 Å². The molecule has 0 aliphatic carbocycles. The Bertz CT molecular complexity index is 829. The average Bonchev–Trinajstić information content (AvgIpc) is 3.09. The van der Waals surface area contributed by atoms with Crippen molar-refractivity contribution in [2.75, 3.05) is 13.2 Å². The summed E-state index contributed by atoms with van der Waals surface area (Å²) in [5.74, 6) is -0.643. The van der Waals surface area contributed by atoms with Crippen molar-refractivity contribution < 1.29 is 34.3 Å². The van der Waals surface area contributed by atoms with E-state index in [-0.39, 0.29) is 31.3 Å². The van der Waals surface area contributed by atoms with E-state index >= 15 is 0 Å². The van der Waals surface area contributed by atoms with Crippen molar-refractivity contribution in [1.82, 2.24) is 0 Å². The third-order valence-corrected chi connectivity index (χ3v) is 8.41. The zero-order valence-electron chi connectivity index (χ0n) is 30.8. The minimum absolute atomic E-state index is 0.0872. The van der Waals surface area contributed by atoms with Crippen LogP contribution < -0.4 is 0 Å². The number of unbranched alkanes of at least 4 members (excludes halogenated alkanes) is 18. The van der Waals surface area contributed by atoms with Crippen LogP contribution in [0.5, 0.6) is 0 Å². The van der Waals surface area contributed by atoms with Crippen molar-refractivity contribution in [3.8, 4) is 0 Å². The Hall–Kier alpha value is -2.22. The molecule has 0 aromatic rings. The maximum absolute atomic E-state index is 12.2. The summed E-state index contributed by atoms with van der Waals surface area (Å²) in [6.07, 6.45) is 42.5. The summed E-state index contributed by atoms with van der Waals surface area (Å²) < 4.78 is 10.6. The van der Waals surface area contributed by atoms with Gasteiger partial charge in [-0.25, -0.2) is 4.89 Å². The Morgan fingerprint density at radius 1 is 0.604 bits per heavy atom. The van der Waals surface area contributed by atoms with Crippen LogP contribution in [0.3, 0.4) is 0 Å². The summed E-state index contributed by atoms with van der Waals surface area (Å²) in [6.45, 7) is 3.77. The second kappa shape index (κ2) is 37.6. The fourth-order valence-corrected chi connectivity index (χ4v) is 5.31. The Labute approximate surface area is 294 Å². The van der Waals surface area contributed by atoms with Crippen LogP contribution in [0.15, 0.2) is 48.6 Å². The van der Waals surface area contributed by atoms with Crippen molar-refractivity contribution in [2.45, 2.75) is 187 Å². The van der Waals surface area contributed by atoms with Gasteiger partial charge in [0.1, 0.15) is 12.7 Å². The number of aliphatic hydroxyl groups is 1. The van der Waals surface area contributed by atoms with Crippen LogP contribution in [-0.4, -0.2) is 47.7 Å². The van der Waals surface area contributed by atoms with Crippen LogP contribution in [0.4, 0.5) is 0 Å². The molecular weight excluding hydrogens is 604 g/mol. The van der Waals surface area contributed by atoms with Crippen LogP contribution in [0.1, 0.15) is 174 Å². The highest BCUT2D eigenvalue weighted by molar-refractivity contribution is 5.70. The molecule has 0 rings (SSSR count). The predicted octanol–water partition coefficient (Wildman–Crippen LogP) is 11.3. The first-order valence-electron chi connectivity index (χ1n) is 19.5. The average molecular weight is 677 g/mol. The molecule has 2 unspecified atom stereocenters. The van der Waals surface area contributed by atoms with E-state index in [0.29, 0.717) is 12.8 Å². The molecule has 0 radical (unpaired) electrons. The minimum atomic E-state index is -0.796. The van der Waals surface area contributed by atoms with E-state index < -0.39 is 6.10 Å². The third-order valence-electron chi connectivity index (χ3n) is 8.41. The van der Waals surface area contributed by atoms with Gasteiger partial charge in [-0.3, -0.25) is 14.8 Å². The quantitative estimate of drug-likeness (QED) is 0.0172. The molecule has 7 nitrogen and oxygen atoms in total. The van der Waals surface area contributed by atoms with Gasteiger partial charge in [-0.2, -0.15) is 0 Å².